The Bertz CT molecular complexity index is 845. The zero-order valence-corrected chi connectivity index (χ0v) is 17.2. The standard InChI is InChI=1S/C23H29N3O2/c1-16-9-11-26(12-10-16)22(28)18-13-17(14-24-15-18)21(27)25-20-7-5-19(6-8-20)23(2,3)4/h5-8,13-16H,9-12H2,1-4H3,(H,25,27). The van der Waals surface area contributed by atoms with Crippen LogP contribution in [-0.2, 0) is 5.41 Å². The highest BCUT2D eigenvalue weighted by atomic mass is 16.2. The van der Waals surface area contributed by atoms with Crippen molar-refractivity contribution in [3.63, 3.8) is 0 Å². The third-order valence-corrected chi connectivity index (χ3v) is 5.33. The van der Waals surface area contributed by atoms with Crippen LogP contribution in [0, 0.1) is 5.92 Å². The molecule has 3 rings (SSSR count). The van der Waals surface area contributed by atoms with E-state index in [1.165, 1.54) is 18.0 Å². The minimum atomic E-state index is -0.266. The maximum atomic E-state index is 12.7. The topological polar surface area (TPSA) is 62.3 Å². The van der Waals surface area contributed by atoms with Gasteiger partial charge in [0.15, 0.2) is 0 Å². The van der Waals surface area contributed by atoms with E-state index in [0.29, 0.717) is 17.0 Å². The largest absolute Gasteiger partial charge is 0.339 e. The van der Waals surface area contributed by atoms with Crippen molar-refractivity contribution in [1.82, 2.24) is 9.88 Å². The molecule has 1 aliphatic heterocycles. The molecule has 0 spiro atoms. The van der Waals surface area contributed by atoms with Gasteiger partial charge in [0, 0.05) is 31.2 Å². The average Bonchev–Trinajstić information content (AvgIpc) is 2.68. The van der Waals surface area contributed by atoms with Crippen LogP contribution in [0.4, 0.5) is 5.69 Å². The predicted molar refractivity (Wildman–Crippen MR) is 112 cm³/mol. The van der Waals surface area contributed by atoms with E-state index in [4.69, 9.17) is 0 Å². The van der Waals surface area contributed by atoms with Crippen LogP contribution < -0.4 is 5.32 Å². The molecule has 1 saturated heterocycles. The molecule has 0 unspecified atom stereocenters. The van der Waals surface area contributed by atoms with E-state index in [0.717, 1.165) is 31.6 Å². The third kappa shape index (κ3) is 4.77. The Morgan fingerprint density at radius 3 is 2.25 bits per heavy atom. The molecular weight excluding hydrogens is 350 g/mol. The maximum absolute atomic E-state index is 12.7. The molecule has 5 nitrogen and oxygen atoms in total. The summed E-state index contributed by atoms with van der Waals surface area (Å²) in [4.78, 5) is 31.3. The lowest BCUT2D eigenvalue weighted by atomic mass is 9.87. The van der Waals surface area contributed by atoms with Crippen LogP contribution in [0.5, 0.6) is 0 Å². The van der Waals surface area contributed by atoms with Crippen molar-refractivity contribution in [1.29, 1.82) is 0 Å². The maximum Gasteiger partial charge on any atom is 0.257 e. The number of pyridine rings is 1. The first-order chi connectivity index (χ1) is 13.2. The summed E-state index contributed by atoms with van der Waals surface area (Å²) in [6.45, 7) is 10.2. The molecular formula is C23H29N3O2. The number of nitrogens with one attached hydrogen (secondary N) is 1. The van der Waals surface area contributed by atoms with Crippen LogP contribution in [0.2, 0.25) is 0 Å². The number of carbonyl (C=O) groups is 2. The van der Waals surface area contributed by atoms with E-state index in [-0.39, 0.29) is 17.2 Å². The van der Waals surface area contributed by atoms with E-state index in [2.05, 4.69) is 38.0 Å². The highest BCUT2D eigenvalue weighted by Gasteiger charge is 2.22. The molecule has 2 amide bonds. The molecule has 0 radical (unpaired) electrons. The summed E-state index contributed by atoms with van der Waals surface area (Å²) < 4.78 is 0. The van der Waals surface area contributed by atoms with Crippen LogP contribution in [0.3, 0.4) is 0 Å². The number of nitrogens with zero attached hydrogens (tertiary/aromatic N) is 2. The summed E-state index contributed by atoms with van der Waals surface area (Å²) in [6, 6.07) is 9.47. The van der Waals surface area contributed by atoms with Crippen LogP contribution in [-0.4, -0.2) is 34.8 Å². The second-order valence-corrected chi connectivity index (χ2v) is 8.72. The van der Waals surface area contributed by atoms with Crippen molar-refractivity contribution >= 4 is 17.5 Å². The lowest BCUT2D eigenvalue weighted by Crippen LogP contribution is -2.38. The third-order valence-electron chi connectivity index (χ3n) is 5.33. The van der Waals surface area contributed by atoms with Crippen molar-refractivity contribution in [3.8, 4) is 0 Å². The molecule has 0 bridgehead atoms. The van der Waals surface area contributed by atoms with Gasteiger partial charge in [-0.05, 0) is 47.9 Å². The zero-order valence-electron chi connectivity index (χ0n) is 17.2. The number of hydrogen-bond donors (Lipinski definition) is 1. The second-order valence-electron chi connectivity index (χ2n) is 8.72. The van der Waals surface area contributed by atoms with Crippen LogP contribution in [0.1, 0.15) is 66.8 Å². The number of anilines is 1. The van der Waals surface area contributed by atoms with Crippen LogP contribution >= 0.6 is 0 Å². The second kappa shape index (κ2) is 8.13. The molecule has 1 aromatic heterocycles. The van der Waals surface area contributed by atoms with Crippen molar-refractivity contribution < 1.29 is 9.59 Å². The Morgan fingerprint density at radius 2 is 1.64 bits per heavy atom. The van der Waals surface area contributed by atoms with Gasteiger partial charge in [-0.2, -0.15) is 0 Å². The number of benzene rings is 1. The molecule has 0 atom stereocenters. The number of hydrogen-bond acceptors (Lipinski definition) is 3. The van der Waals surface area contributed by atoms with E-state index in [1.807, 2.05) is 29.2 Å². The van der Waals surface area contributed by atoms with Crippen molar-refractivity contribution in [2.75, 3.05) is 18.4 Å². The fraction of sp³-hybridized carbons (Fsp3) is 0.435. The molecule has 2 aromatic rings. The normalized spacial score (nSPS) is 15.4. The Kier molecular flexibility index (Phi) is 5.82. The molecule has 1 fully saturated rings. The van der Waals surface area contributed by atoms with E-state index >= 15 is 0 Å². The lowest BCUT2D eigenvalue weighted by Gasteiger charge is -2.30. The van der Waals surface area contributed by atoms with Gasteiger partial charge in [-0.1, -0.05) is 39.8 Å². The average molecular weight is 380 g/mol. The van der Waals surface area contributed by atoms with Gasteiger partial charge in [-0.3, -0.25) is 14.6 Å². The molecule has 0 aliphatic carbocycles. The highest BCUT2D eigenvalue weighted by molar-refractivity contribution is 6.05. The molecule has 1 aromatic carbocycles. The molecule has 148 valence electrons. The van der Waals surface area contributed by atoms with Gasteiger partial charge in [0.05, 0.1) is 11.1 Å². The molecule has 5 heteroatoms. The highest BCUT2D eigenvalue weighted by Crippen LogP contribution is 2.24. The predicted octanol–water partition coefficient (Wildman–Crippen LogP) is 4.50. The van der Waals surface area contributed by atoms with E-state index in [1.54, 1.807) is 6.07 Å². The zero-order chi connectivity index (χ0) is 20.3. The number of aromatic nitrogens is 1. The quantitative estimate of drug-likeness (QED) is 0.854. The van der Waals surface area contributed by atoms with Gasteiger partial charge in [0.2, 0.25) is 0 Å². The van der Waals surface area contributed by atoms with E-state index in [9.17, 15) is 9.59 Å². The molecule has 28 heavy (non-hydrogen) atoms. The fourth-order valence-corrected chi connectivity index (χ4v) is 3.33. The SMILES string of the molecule is CC1CCN(C(=O)c2cncc(C(=O)Nc3ccc(C(C)(C)C)cc3)c2)CC1. The van der Waals surface area contributed by atoms with Gasteiger partial charge < -0.3 is 10.2 Å². The Morgan fingerprint density at radius 1 is 1.04 bits per heavy atom. The number of piperidine rings is 1. The molecule has 1 aliphatic rings. The fourth-order valence-electron chi connectivity index (χ4n) is 3.33. The summed E-state index contributed by atoms with van der Waals surface area (Å²) in [5.41, 5.74) is 2.84. The summed E-state index contributed by atoms with van der Waals surface area (Å²) >= 11 is 0. The summed E-state index contributed by atoms with van der Waals surface area (Å²) in [5, 5.41) is 2.88. The van der Waals surface area contributed by atoms with Gasteiger partial charge in [0.25, 0.3) is 11.8 Å². The first-order valence-corrected chi connectivity index (χ1v) is 9.90. The number of amides is 2. The van der Waals surface area contributed by atoms with E-state index < -0.39 is 0 Å². The van der Waals surface area contributed by atoms with Gasteiger partial charge in [-0.25, -0.2) is 0 Å². The summed E-state index contributed by atoms with van der Waals surface area (Å²) in [7, 11) is 0. The Balaban J connectivity index is 1.69. The lowest BCUT2D eigenvalue weighted by molar-refractivity contribution is 0.0697. The Hall–Kier alpha value is -2.69. The summed E-state index contributed by atoms with van der Waals surface area (Å²) in [6.07, 6.45) is 5.07. The smallest absolute Gasteiger partial charge is 0.257 e. The van der Waals surface area contributed by atoms with Crippen LogP contribution in [0.25, 0.3) is 0 Å². The molecule has 0 saturated carbocycles. The van der Waals surface area contributed by atoms with Gasteiger partial charge >= 0.3 is 0 Å². The molecule has 2 heterocycles. The number of carbonyl (C=O) groups excluding carboxylic acids is 2. The molecule has 1 N–H and O–H groups in total. The number of likely N-dealkylation sites (tertiary alicyclic amines) is 1. The van der Waals surface area contributed by atoms with Gasteiger partial charge in [-0.15, -0.1) is 0 Å². The first-order valence-electron chi connectivity index (χ1n) is 9.90. The summed E-state index contributed by atoms with van der Waals surface area (Å²) in [5.74, 6) is 0.338. The monoisotopic (exact) mass is 379 g/mol. The van der Waals surface area contributed by atoms with Crippen LogP contribution in [0.15, 0.2) is 42.7 Å². The van der Waals surface area contributed by atoms with Crippen molar-refractivity contribution in [2.45, 2.75) is 46.0 Å². The first kappa shape index (κ1) is 20.1. The van der Waals surface area contributed by atoms with Crippen molar-refractivity contribution in [3.05, 3.63) is 59.4 Å². The minimum absolute atomic E-state index is 0.0522. The minimum Gasteiger partial charge on any atom is -0.339 e. The Labute approximate surface area is 167 Å². The van der Waals surface area contributed by atoms with Gasteiger partial charge in [0.1, 0.15) is 0 Å². The van der Waals surface area contributed by atoms with Crippen molar-refractivity contribution in [2.24, 2.45) is 5.92 Å². The number of rotatable bonds is 3.